The van der Waals surface area contributed by atoms with Crippen molar-refractivity contribution in [3.05, 3.63) is 46.6 Å². The minimum atomic E-state index is -0.177. The Bertz CT molecular complexity index is 658. The fraction of sp³-hybridized carbons (Fsp3) is 0.167. The van der Waals surface area contributed by atoms with E-state index in [4.69, 9.17) is 16.7 Å². The Morgan fingerprint density at radius 2 is 2.24 bits per heavy atom. The number of halogens is 1. The Morgan fingerprint density at radius 3 is 3.00 bits per heavy atom. The van der Waals surface area contributed by atoms with Gasteiger partial charge >= 0.3 is 0 Å². The maximum atomic E-state index is 12.1. The maximum absolute atomic E-state index is 12.1. The number of hydrogen-bond donors (Lipinski definition) is 1. The van der Waals surface area contributed by atoms with Crippen LogP contribution in [0.2, 0.25) is 5.02 Å². The van der Waals surface area contributed by atoms with Crippen LogP contribution in [0.3, 0.4) is 0 Å². The third kappa shape index (κ3) is 1.45. The minimum Gasteiger partial charge on any atom is -0.515 e. The van der Waals surface area contributed by atoms with Crippen molar-refractivity contribution < 1.29 is 9.90 Å². The molecule has 1 aliphatic carbocycles. The maximum Gasteiger partial charge on any atom is 0.210 e. The van der Waals surface area contributed by atoms with Gasteiger partial charge in [0.15, 0.2) is 0 Å². The number of Topliss-reactive ketones (excluding diaryl/α,β-unsaturated/α-hetero) is 1. The zero-order valence-corrected chi connectivity index (χ0v) is 9.61. The van der Waals surface area contributed by atoms with Crippen LogP contribution in [0.4, 0.5) is 0 Å². The summed E-state index contributed by atoms with van der Waals surface area (Å²) < 4.78 is 1.68. The van der Waals surface area contributed by atoms with E-state index in [1.807, 2.05) is 0 Å². The Balaban J connectivity index is 2.32. The van der Waals surface area contributed by atoms with E-state index >= 15 is 0 Å². The molecule has 0 radical (unpaired) electrons. The highest BCUT2D eigenvalue weighted by Crippen LogP contribution is 2.26. The number of allylic oxidation sites excluding steroid dienone is 1. The summed E-state index contributed by atoms with van der Waals surface area (Å²) in [5.41, 5.74) is 2.39. The zero-order valence-electron chi connectivity index (χ0n) is 8.85. The first-order valence-corrected chi connectivity index (χ1v) is 5.63. The number of imidazole rings is 1. The van der Waals surface area contributed by atoms with Gasteiger partial charge in [-0.15, -0.1) is 0 Å². The Morgan fingerprint density at radius 1 is 1.41 bits per heavy atom. The normalized spacial score (nSPS) is 17.7. The number of carbonyl (C=O) groups is 1. The Kier molecular flexibility index (Phi) is 2.19. The first-order valence-electron chi connectivity index (χ1n) is 5.25. The molecule has 5 heteroatoms. The van der Waals surface area contributed by atoms with E-state index in [1.165, 1.54) is 0 Å². The SMILES string of the molecule is O=C1/C(=C\O)CCc2nc3ccc(Cl)cn3c21. The first-order chi connectivity index (χ1) is 8.20. The molecule has 1 N–H and O–H groups in total. The van der Waals surface area contributed by atoms with Crippen molar-refractivity contribution in [2.75, 3.05) is 0 Å². The van der Waals surface area contributed by atoms with Crippen molar-refractivity contribution in [3.63, 3.8) is 0 Å². The molecule has 0 atom stereocenters. The van der Waals surface area contributed by atoms with E-state index in [2.05, 4.69) is 4.98 Å². The molecule has 0 saturated heterocycles. The molecule has 0 unspecified atom stereocenters. The van der Waals surface area contributed by atoms with Crippen molar-refractivity contribution in [2.45, 2.75) is 12.8 Å². The fourth-order valence-corrected chi connectivity index (χ4v) is 2.28. The first kappa shape index (κ1) is 10.4. The molecule has 2 aromatic heterocycles. The van der Waals surface area contributed by atoms with Gasteiger partial charge in [0.25, 0.3) is 0 Å². The number of aromatic nitrogens is 2. The van der Waals surface area contributed by atoms with Gasteiger partial charge in [-0.05, 0) is 25.0 Å². The highest BCUT2D eigenvalue weighted by atomic mass is 35.5. The molecule has 17 heavy (non-hydrogen) atoms. The van der Waals surface area contributed by atoms with Crippen LogP contribution in [0.15, 0.2) is 30.2 Å². The molecular weight excluding hydrogens is 240 g/mol. The molecular formula is C12H9ClN2O2. The van der Waals surface area contributed by atoms with Crippen LogP contribution in [0.5, 0.6) is 0 Å². The molecule has 0 amide bonds. The lowest BCUT2D eigenvalue weighted by atomic mass is 9.95. The second kappa shape index (κ2) is 3.60. The molecule has 4 nitrogen and oxygen atoms in total. The number of hydrogen-bond acceptors (Lipinski definition) is 3. The highest BCUT2D eigenvalue weighted by molar-refractivity contribution is 6.30. The van der Waals surface area contributed by atoms with Gasteiger partial charge in [0.1, 0.15) is 11.3 Å². The lowest BCUT2D eigenvalue weighted by Gasteiger charge is -2.12. The summed E-state index contributed by atoms with van der Waals surface area (Å²) in [6.45, 7) is 0. The average molecular weight is 249 g/mol. The largest absolute Gasteiger partial charge is 0.515 e. The van der Waals surface area contributed by atoms with Gasteiger partial charge in [-0.2, -0.15) is 0 Å². The van der Waals surface area contributed by atoms with E-state index in [9.17, 15) is 4.79 Å². The molecule has 86 valence electrons. The quantitative estimate of drug-likeness (QED) is 0.576. The summed E-state index contributed by atoms with van der Waals surface area (Å²) in [7, 11) is 0. The molecule has 0 saturated carbocycles. The molecule has 3 rings (SSSR count). The third-order valence-electron chi connectivity index (χ3n) is 2.95. The topological polar surface area (TPSA) is 54.6 Å². The summed E-state index contributed by atoms with van der Waals surface area (Å²) in [4.78, 5) is 16.5. The predicted octanol–water partition coefficient (Wildman–Crippen LogP) is 2.56. The van der Waals surface area contributed by atoms with Gasteiger partial charge in [0.05, 0.1) is 17.0 Å². The molecule has 2 aromatic rings. The molecule has 0 spiro atoms. The standard InChI is InChI=1S/C12H9ClN2O2/c13-8-2-4-10-14-9-3-1-7(6-16)12(17)11(9)15(10)5-8/h2,4-6,16H,1,3H2/b7-6-. The molecule has 0 aromatic carbocycles. The van der Waals surface area contributed by atoms with Crippen LogP contribution in [0, 0.1) is 0 Å². The predicted molar refractivity (Wildman–Crippen MR) is 63.6 cm³/mol. The van der Waals surface area contributed by atoms with E-state index in [0.29, 0.717) is 34.8 Å². The molecule has 0 aliphatic heterocycles. The van der Waals surface area contributed by atoms with E-state index < -0.39 is 0 Å². The monoisotopic (exact) mass is 248 g/mol. The van der Waals surface area contributed by atoms with Gasteiger partial charge in [-0.25, -0.2) is 4.98 Å². The van der Waals surface area contributed by atoms with Crippen LogP contribution in [-0.4, -0.2) is 20.3 Å². The fourth-order valence-electron chi connectivity index (χ4n) is 2.12. The summed E-state index contributed by atoms with van der Waals surface area (Å²) in [5.74, 6) is -0.177. The molecule has 0 fully saturated rings. The number of fused-ring (bicyclic) bond motifs is 3. The van der Waals surface area contributed by atoms with Gasteiger partial charge in [-0.3, -0.25) is 9.20 Å². The van der Waals surface area contributed by atoms with Crippen LogP contribution >= 0.6 is 11.6 Å². The summed E-state index contributed by atoms with van der Waals surface area (Å²) in [6, 6.07) is 3.51. The van der Waals surface area contributed by atoms with Crippen molar-refractivity contribution in [1.29, 1.82) is 0 Å². The van der Waals surface area contributed by atoms with Crippen LogP contribution < -0.4 is 0 Å². The van der Waals surface area contributed by atoms with E-state index in [0.717, 1.165) is 12.0 Å². The molecule has 0 bridgehead atoms. The van der Waals surface area contributed by atoms with Crippen LogP contribution in [0.25, 0.3) is 5.65 Å². The lowest BCUT2D eigenvalue weighted by molar-refractivity contribution is 0.101. The van der Waals surface area contributed by atoms with Gasteiger partial charge in [-0.1, -0.05) is 11.6 Å². The number of carbonyl (C=O) groups excluding carboxylic acids is 1. The number of ketones is 1. The number of pyridine rings is 1. The van der Waals surface area contributed by atoms with Crippen molar-refractivity contribution in [1.82, 2.24) is 9.38 Å². The van der Waals surface area contributed by atoms with Crippen molar-refractivity contribution in [2.24, 2.45) is 0 Å². The van der Waals surface area contributed by atoms with Gasteiger partial charge < -0.3 is 5.11 Å². The number of nitrogens with zero attached hydrogens (tertiary/aromatic N) is 2. The average Bonchev–Trinajstić information content (AvgIpc) is 2.68. The number of aliphatic hydroxyl groups excluding tert-OH is 1. The summed E-state index contributed by atoms with van der Waals surface area (Å²) >= 11 is 5.91. The second-order valence-electron chi connectivity index (χ2n) is 3.97. The van der Waals surface area contributed by atoms with Crippen LogP contribution in [-0.2, 0) is 6.42 Å². The number of aryl methyl sites for hydroxylation is 1. The van der Waals surface area contributed by atoms with Crippen molar-refractivity contribution in [3.8, 4) is 0 Å². The van der Waals surface area contributed by atoms with E-state index in [-0.39, 0.29) is 5.78 Å². The smallest absolute Gasteiger partial charge is 0.210 e. The lowest BCUT2D eigenvalue weighted by Crippen LogP contribution is -2.15. The number of rotatable bonds is 0. The zero-order chi connectivity index (χ0) is 12.0. The Labute approximate surface area is 102 Å². The van der Waals surface area contributed by atoms with Crippen molar-refractivity contribution >= 4 is 23.0 Å². The van der Waals surface area contributed by atoms with Gasteiger partial charge in [0.2, 0.25) is 5.78 Å². The molecule has 2 heterocycles. The minimum absolute atomic E-state index is 0.177. The van der Waals surface area contributed by atoms with Crippen LogP contribution in [0.1, 0.15) is 22.6 Å². The summed E-state index contributed by atoms with van der Waals surface area (Å²) in [5, 5.41) is 9.56. The van der Waals surface area contributed by atoms with E-state index in [1.54, 1.807) is 22.7 Å². The third-order valence-corrected chi connectivity index (χ3v) is 3.17. The Hall–Kier alpha value is -1.81. The van der Waals surface area contributed by atoms with Gasteiger partial charge in [0, 0.05) is 11.8 Å². The summed E-state index contributed by atoms with van der Waals surface area (Å²) in [6.07, 6.45) is 3.74. The highest BCUT2D eigenvalue weighted by Gasteiger charge is 2.27. The molecule has 1 aliphatic rings. The number of aliphatic hydroxyl groups is 1. The second-order valence-corrected chi connectivity index (χ2v) is 4.40.